The first-order valence-electron chi connectivity index (χ1n) is 7.74. The lowest BCUT2D eigenvalue weighted by Crippen LogP contribution is -2.47. The van der Waals surface area contributed by atoms with Crippen molar-refractivity contribution in [3.63, 3.8) is 0 Å². The van der Waals surface area contributed by atoms with Crippen molar-refractivity contribution < 1.29 is 9.90 Å². The molecule has 0 saturated carbocycles. The Labute approximate surface area is 130 Å². The normalized spacial score (nSPS) is 20.3. The van der Waals surface area contributed by atoms with Crippen LogP contribution in [0.2, 0.25) is 0 Å². The van der Waals surface area contributed by atoms with Crippen molar-refractivity contribution in [2.24, 2.45) is 5.92 Å². The Morgan fingerprint density at radius 2 is 2.48 bits per heavy atom. The number of urea groups is 1. The molecule has 0 aliphatic carbocycles. The van der Waals surface area contributed by atoms with Gasteiger partial charge in [0.05, 0.1) is 16.8 Å². The Bertz CT molecular complexity index is 462. The molecular weight excluding hydrogens is 286 g/mol. The summed E-state index contributed by atoms with van der Waals surface area (Å²) in [7, 11) is 0. The quantitative estimate of drug-likeness (QED) is 0.874. The van der Waals surface area contributed by atoms with Crippen LogP contribution in [-0.2, 0) is 12.8 Å². The number of carbonyl (C=O) groups excluding carboxylic acids is 1. The number of aromatic nitrogens is 1. The van der Waals surface area contributed by atoms with Crippen molar-refractivity contribution in [3.8, 4) is 0 Å². The van der Waals surface area contributed by atoms with Crippen LogP contribution in [0.4, 0.5) is 4.79 Å². The highest BCUT2D eigenvalue weighted by Crippen LogP contribution is 2.19. The van der Waals surface area contributed by atoms with E-state index in [-0.39, 0.29) is 18.1 Å². The number of hydrogen-bond acceptors (Lipinski definition) is 4. The smallest absolute Gasteiger partial charge is 0.317 e. The SMILES string of the molecule is CCc1nc(CCNC(=O)N2CCCC(C(C)O)C2)cs1. The molecule has 1 aromatic heterocycles. The predicted molar refractivity (Wildman–Crippen MR) is 84.6 cm³/mol. The molecule has 118 valence electrons. The Balaban J connectivity index is 1.73. The van der Waals surface area contributed by atoms with Gasteiger partial charge >= 0.3 is 6.03 Å². The van der Waals surface area contributed by atoms with E-state index in [2.05, 4.69) is 22.6 Å². The van der Waals surface area contributed by atoms with Gasteiger partial charge in [-0.25, -0.2) is 9.78 Å². The molecule has 1 aromatic rings. The van der Waals surface area contributed by atoms with Crippen molar-refractivity contribution in [2.75, 3.05) is 19.6 Å². The number of nitrogens with one attached hydrogen (secondary N) is 1. The molecule has 5 nitrogen and oxygen atoms in total. The van der Waals surface area contributed by atoms with Crippen LogP contribution in [0, 0.1) is 5.92 Å². The Kier molecular flexibility index (Phi) is 5.99. The summed E-state index contributed by atoms with van der Waals surface area (Å²) in [6.07, 6.45) is 3.36. The molecule has 1 aliphatic rings. The van der Waals surface area contributed by atoms with Crippen LogP contribution in [0.1, 0.15) is 37.4 Å². The molecule has 0 bridgehead atoms. The van der Waals surface area contributed by atoms with Gasteiger partial charge in [0.15, 0.2) is 0 Å². The lowest BCUT2D eigenvalue weighted by atomic mass is 9.94. The Hall–Kier alpha value is -1.14. The Morgan fingerprint density at radius 1 is 1.67 bits per heavy atom. The van der Waals surface area contributed by atoms with E-state index in [1.165, 1.54) is 0 Å². The standard InChI is InChI=1S/C15H25N3O2S/c1-3-14-17-13(10-21-14)6-7-16-15(20)18-8-4-5-12(9-18)11(2)19/h10-12,19H,3-9H2,1-2H3,(H,16,20). The summed E-state index contributed by atoms with van der Waals surface area (Å²) in [5.74, 6) is 0.204. The zero-order valence-electron chi connectivity index (χ0n) is 12.8. The second kappa shape index (κ2) is 7.75. The highest BCUT2D eigenvalue weighted by molar-refractivity contribution is 7.09. The molecule has 2 atom stereocenters. The third-order valence-electron chi connectivity index (χ3n) is 3.99. The van der Waals surface area contributed by atoms with Gasteiger partial charge < -0.3 is 15.3 Å². The van der Waals surface area contributed by atoms with Gasteiger partial charge in [0.25, 0.3) is 0 Å². The number of piperidine rings is 1. The number of hydrogen-bond donors (Lipinski definition) is 2. The van der Waals surface area contributed by atoms with Gasteiger partial charge in [0, 0.05) is 37.4 Å². The number of nitrogens with zero attached hydrogens (tertiary/aromatic N) is 2. The number of aliphatic hydroxyl groups is 1. The van der Waals surface area contributed by atoms with Crippen LogP contribution < -0.4 is 5.32 Å². The van der Waals surface area contributed by atoms with Gasteiger partial charge in [0.1, 0.15) is 0 Å². The maximum Gasteiger partial charge on any atom is 0.317 e. The Morgan fingerprint density at radius 3 is 3.14 bits per heavy atom. The zero-order chi connectivity index (χ0) is 15.2. The third kappa shape index (κ3) is 4.68. The van der Waals surface area contributed by atoms with E-state index in [0.29, 0.717) is 13.1 Å². The second-order valence-electron chi connectivity index (χ2n) is 5.66. The molecule has 1 aliphatic heterocycles. The van der Waals surface area contributed by atoms with E-state index in [0.717, 1.165) is 42.9 Å². The molecule has 0 spiro atoms. The number of rotatable bonds is 5. The molecule has 1 saturated heterocycles. The molecule has 2 amide bonds. The summed E-state index contributed by atoms with van der Waals surface area (Å²) < 4.78 is 0. The van der Waals surface area contributed by atoms with E-state index in [9.17, 15) is 9.90 Å². The van der Waals surface area contributed by atoms with Crippen molar-refractivity contribution in [2.45, 2.75) is 45.6 Å². The van der Waals surface area contributed by atoms with Gasteiger partial charge in [-0.15, -0.1) is 11.3 Å². The molecule has 6 heteroatoms. The minimum Gasteiger partial charge on any atom is -0.393 e. The second-order valence-corrected chi connectivity index (χ2v) is 6.60. The first-order chi connectivity index (χ1) is 10.1. The van der Waals surface area contributed by atoms with Crippen LogP contribution in [0.15, 0.2) is 5.38 Å². The fourth-order valence-electron chi connectivity index (χ4n) is 2.62. The summed E-state index contributed by atoms with van der Waals surface area (Å²) in [6, 6.07) is -0.0219. The minimum atomic E-state index is -0.344. The number of thiazole rings is 1. The molecule has 2 N–H and O–H groups in total. The van der Waals surface area contributed by atoms with Crippen molar-refractivity contribution in [1.82, 2.24) is 15.2 Å². The van der Waals surface area contributed by atoms with Crippen LogP contribution in [0.25, 0.3) is 0 Å². The van der Waals surface area contributed by atoms with Crippen molar-refractivity contribution in [3.05, 3.63) is 16.1 Å². The average molecular weight is 311 g/mol. The number of likely N-dealkylation sites (tertiary alicyclic amines) is 1. The van der Waals surface area contributed by atoms with Crippen LogP contribution >= 0.6 is 11.3 Å². The molecule has 0 aromatic carbocycles. The zero-order valence-corrected chi connectivity index (χ0v) is 13.7. The number of aryl methyl sites for hydroxylation is 1. The largest absolute Gasteiger partial charge is 0.393 e. The lowest BCUT2D eigenvalue weighted by Gasteiger charge is -2.34. The highest BCUT2D eigenvalue weighted by atomic mass is 32.1. The van der Waals surface area contributed by atoms with Crippen LogP contribution in [0.3, 0.4) is 0 Å². The van der Waals surface area contributed by atoms with Crippen molar-refractivity contribution in [1.29, 1.82) is 0 Å². The summed E-state index contributed by atoms with van der Waals surface area (Å²) >= 11 is 1.68. The monoisotopic (exact) mass is 311 g/mol. The molecule has 21 heavy (non-hydrogen) atoms. The van der Waals surface area contributed by atoms with E-state index in [1.807, 2.05) is 4.90 Å². The molecule has 2 unspecified atom stereocenters. The van der Waals surface area contributed by atoms with Gasteiger partial charge in [-0.05, 0) is 26.2 Å². The van der Waals surface area contributed by atoms with E-state index in [1.54, 1.807) is 18.3 Å². The average Bonchev–Trinajstić information content (AvgIpc) is 2.95. The number of aliphatic hydroxyl groups excluding tert-OH is 1. The predicted octanol–water partition coefficient (Wildman–Crippen LogP) is 2.05. The van der Waals surface area contributed by atoms with E-state index in [4.69, 9.17) is 0 Å². The maximum atomic E-state index is 12.1. The molecule has 2 rings (SSSR count). The first kappa shape index (κ1) is 16.2. The summed E-state index contributed by atoms with van der Waals surface area (Å²) in [4.78, 5) is 18.4. The van der Waals surface area contributed by atoms with Gasteiger partial charge in [-0.2, -0.15) is 0 Å². The van der Waals surface area contributed by atoms with Crippen molar-refractivity contribution >= 4 is 17.4 Å². The van der Waals surface area contributed by atoms with Gasteiger partial charge in [-0.1, -0.05) is 6.92 Å². The molecule has 1 fully saturated rings. The highest BCUT2D eigenvalue weighted by Gasteiger charge is 2.26. The lowest BCUT2D eigenvalue weighted by molar-refractivity contribution is 0.0740. The van der Waals surface area contributed by atoms with Crippen LogP contribution in [0.5, 0.6) is 0 Å². The van der Waals surface area contributed by atoms with Gasteiger partial charge in [-0.3, -0.25) is 0 Å². The number of amides is 2. The van der Waals surface area contributed by atoms with E-state index < -0.39 is 0 Å². The molecule has 2 heterocycles. The molecular formula is C15H25N3O2S. The number of carbonyl (C=O) groups is 1. The third-order valence-corrected chi connectivity index (χ3v) is 5.03. The summed E-state index contributed by atoms with van der Waals surface area (Å²) in [6.45, 7) is 5.95. The van der Waals surface area contributed by atoms with Gasteiger partial charge in [0.2, 0.25) is 0 Å². The summed E-state index contributed by atoms with van der Waals surface area (Å²) in [5.41, 5.74) is 1.05. The topological polar surface area (TPSA) is 65.5 Å². The maximum absolute atomic E-state index is 12.1. The van der Waals surface area contributed by atoms with Crippen LogP contribution in [-0.4, -0.2) is 46.8 Å². The van der Waals surface area contributed by atoms with E-state index >= 15 is 0 Å². The summed E-state index contributed by atoms with van der Waals surface area (Å²) in [5, 5.41) is 15.8. The fraction of sp³-hybridized carbons (Fsp3) is 0.733. The first-order valence-corrected chi connectivity index (χ1v) is 8.62. The minimum absolute atomic E-state index is 0.0219. The molecule has 0 radical (unpaired) electrons. The fourth-order valence-corrected chi connectivity index (χ4v) is 3.40.